The van der Waals surface area contributed by atoms with Crippen molar-refractivity contribution in [2.75, 3.05) is 5.88 Å². The Morgan fingerprint density at radius 3 is 1.83 bits per heavy atom. The van der Waals surface area contributed by atoms with Crippen LogP contribution >= 0.6 is 23.2 Å². The van der Waals surface area contributed by atoms with Crippen LogP contribution in [0.3, 0.4) is 0 Å². The summed E-state index contributed by atoms with van der Waals surface area (Å²) < 4.78 is 0. The normalized spacial score (nSPS) is 12.5. The second-order valence-corrected chi connectivity index (χ2v) is 1.54. The largest absolute Gasteiger partial charge is 0.412 e. The van der Waals surface area contributed by atoms with Gasteiger partial charge in [0.15, 0.2) is 0 Å². The van der Waals surface area contributed by atoms with Crippen LogP contribution in [0.25, 0.3) is 0 Å². The van der Waals surface area contributed by atoms with Crippen LogP contribution in [0.5, 0.6) is 0 Å². The molecule has 0 aromatic rings. The topological polar surface area (TPSA) is 57.5 Å². The van der Waals surface area contributed by atoms with Crippen LogP contribution < -0.4 is 5.73 Å². The Bertz CT molecular complexity index is 25.5. The molecule has 0 rings (SSSR count). The summed E-state index contributed by atoms with van der Waals surface area (Å²) in [6.45, 7) is 0. The van der Waals surface area contributed by atoms with E-state index in [1.807, 2.05) is 0 Å². The van der Waals surface area contributed by atoms with Crippen molar-refractivity contribution < 1.29 is 5.48 Å². The molecule has 1 atom stereocenters. The number of alkyl halides is 2. The first-order valence-electron chi connectivity index (χ1n) is 1.23. The molecule has 6 heavy (non-hydrogen) atoms. The van der Waals surface area contributed by atoms with E-state index >= 15 is 0 Å². The number of hydrogen-bond acceptors (Lipinski definition) is 1. The van der Waals surface area contributed by atoms with Gasteiger partial charge in [0.2, 0.25) is 0 Å². The van der Waals surface area contributed by atoms with Gasteiger partial charge in [0.05, 0.1) is 11.4 Å². The van der Waals surface area contributed by atoms with Crippen LogP contribution in [0.1, 0.15) is 0 Å². The third-order valence-corrected chi connectivity index (χ3v) is 0.792. The molecule has 0 radical (unpaired) electrons. The van der Waals surface area contributed by atoms with E-state index in [2.05, 4.69) is 0 Å². The van der Waals surface area contributed by atoms with Gasteiger partial charge in [0.1, 0.15) is 0 Å². The molecule has 0 aromatic heterocycles. The summed E-state index contributed by atoms with van der Waals surface area (Å²) in [5.74, 6) is 0.321. The molecular formula is C2H7Cl2NO. The fourth-order valence-electron chi connectivity index (χ4n) is 0. The van der Waals surface area contributed by atoms with Gasteiger partial charge < -0.3 is 11.2 Å². The molecule has 0 bridgehead atoms. The minimum absolute atomic E-state index is 0. The molecule has 2 nitrogen and oxygen atoms in total. The molecule has 0 saturated heterocycles. The van der Waals surface area contributed by atoms with Crippen LogP contribution in [0.15, 0.2) is 0 Å². The van der Waals surface area contributed by atoms with Gasteiger partial charge in [0.25, 0.3) is 0 Å². The van der Waals surface area contributed by atoms with Crippen LogP contribution in [-0.4, -0.2) is 16.9 Å². The molecule has 0 aliphatic rings. The summed E-state index contributed by atoms with van der Waals surface area (Å²) >= 11 is 10.2. The Morgan fingerprint density at radius 2 is 1.83 bits per heavy atom. The lowest BCUT2D eigenvalue weighted by atomic mass is 10.8. The zero-order chi connectivity index (χ0) is 4.28. The highest BCUT2D eigenvalue weighted by atomic mass is 35.5. The molecule has 4 heteroatoms. The molecule has 0 aromatic carbocycles. The van der Waals surface area contributed by atoms with Crippen LogP contribution in [0, 0.1) is 0 Å². The van der Waals surface area contributed by atoms with E-state index < -0.39 is 0 Å². The number of halogens is 2. The van der Waals surface area contributed by atoms with Crippen molar-refractivity contribution >= 4 is 23.2 Å². The second-order valence-electron chi connectivity index (χ2n) is 0.670. The van der Waals surface area contributed by atoms with Gasteiger partial charge >= 0.3 is 0 Å². The molecule has 0 spiro atoms. The van der Waals surface area contributed by atoms with Crippen molar-refractivity contribution in [2.24, 2.45) is 5.73 Å². The second kappa shape index (κ2) is 5.50. The number of hydrogen-bond donors (Lipinski definition) is 1. The van der Waals surface area contributed by atoms with E-state index in [1.165, 1.54) is 0 Å². The maximum atomic E-state index is 5.11. The number of nitrogens with two attached hydrogens (primary N) is 1. The molecule has 0 heterocycles. The van der Waals surface area contributed by atoms with Gasteiger partial charge in [-0.2, -0.15) is 0 Å². The van der Waals surface area contributed by atoms with E-state index in [9.17, 15) is 0 Å². The van der Waals surface area contributed by atoms with Gasteiger partial charge in [-0.1, -0.05) is 0 Å². The standard InChI is InChI=1S/C2H5Cl2N.H2O/c3-1-2(4)5;/h2H,1,5H2;1H2. The Morgan fingerprint density at radius 1 is 1.67 bits per heavy atom. The van der Waals surface area contributed by atoms with Crippen molar-refractivity contribution in [3.63, 3.8) is 0 Å². The van der Waals surface area contributed by atoms with Crippen molar-refractivity contribution in [1.82, 2.24) is 0 Å². The lowest BCUT2D eigenvalue weighted by molar-refractivity contribution is 0.824. The van der Waals surface area contributed by atoms with Crippen molar-refractivity contribution in [3.05, 3.63) is 0 Å². The predicted molar refractivity (Wildman–Crippen MR) is 28.2 cm³/mol. The zero-order valence-electron chi connectivity index (χ0n) is 3.12. The molecule has 0 saturated carbocycles. The fourth-order valence-corrected chi connectivity index (χ4v) is 0. The van der Waals surface area contributed by atoms with Gasteiger partial charge in [-0.05, 0) is 0 Å². The van der Waals surface area contributed by atoms with Crippen molar-refractivity contribution in [1.29, 1.82) is 0 Å². The average Bonchev–Trinajstić information content (AvgIpc) is 1.38. The van der Waals surface area contributed by atoms with Gasteiger partial charge in [-0.15, -0.1) is 23.2 Å². The van der Waals surface area contributed by atoms with Gasteiger partial charge in [0, 0.05) is 0 Å². The molecule has 0 fully saturated rings. The Kier molecular flexibility index (Phi) is 8.90. The zero-order valence-corrected chi connectivity index (χ0v) is 4.63. The molecule has 4 N–H and O–H groups in total. The molecule has 0 aliphatic carbocycles. The molecule has 0 amide bonds. The Labute approximate surface area is 46.5 Å². The summed E-state index contributed by atoms with van der Waals surface area (Å²) in [5.41, 5.74) is 4.55. The first-order valence-corrected chi connectivity index (χ1v) is 2.20. The van der Waals surface area contributed by atoms with Crippen LogP contribution in [0.2, 0.25) is 0 Å². The maximum absolute atomic E-state index is 5.11. The summed E-state index contributed by atoms with van der Waals surface area (Å²) in [6, 6.07) is 0. The molecule has 40 valence electrons. The summed E-state index contributed by atoms with van der Waals surface area (Å²) in [5, 5.41) is 0. The summed E-state index contributed by atoms with van der Waals surface area (Å²) in [4.78, 5) is 0. The van der Waals surface area contributed by atoms with Crippen LogP contribution in [-0.2, 0) is 0 Å². The smallest absolute Gasteiger partial charge is 0.0937 e. The van der Waals surface area contributed by atoms with E-state index in [-0.39, 0.29) is 11.0 Å². The summed E-state index contributed by atoms with van der Waals surface area (Å²) in [7, 11) is 0. The summed E-state index contributed by atoms with van der Waals surface area (Å²) in [6.07, 6.45) is 0. The first kappa shape index (κ1) is 9.71. The van der Waals surface area contributed by atoms with E-state index in [0.29, 0.717) is 5.88 Å². The lowest BCUT2D eigenvalue weighted by Crippen LogP contribution is -2.12. The quantitative estimate of drug-likeness (QED) is 0.393. The highest BCUT2D eigenvalue weighted by Crippen LogP contribution is 1.85. The highest BCUT2D eigenvalue weighted by Gasteiger charge is 1.85. The minimum Gasteiger partial charge on any atom is -0.412 e. The first-order chi connectivity index (χ1) is 2.27. The molecule has 0 aliphatic heterocycles. The highest BCUT2D eigenvalue weighted by molar-refractivity contribution is 6.27. The Hall–Kier alpha value is 0.500. The van der Waals surface area contributed by atoms with Crippen molar-refractivity contribution in [3.8, 4) is 0 Å². The fraction of sp³-hybridized carbons (Fsp3) is 1.00. The predicted octanol–water partition coefficient (Wildman–Crippen LogP) is -0.0759. The van der Waals surface area contributed by atoms with Gasteiger partial charge in [-0.25, -0.2) is 0 Å². The number of rotatable bonds is 1. The Balaban J connectivity index is 0. The van der Waals surface area contributed by atoms with Crippen LogP contribution in [0.4, 0.5) is 0 Å². The molecular weight excluding hydrogens is 125 g/mol. The van der Waals surface area contributed by atoms with Crippen molar-refractivity contribution in [2.45, 2.75) is 5.50 Å². The lowest BCUT2D eigenvalue weighted by Gasteiger charge is -1.86. The van der Waals surface area contributed by atoms with E-state index in [1.54, 1.807) is 0 Å². The maximum Gasteiger partial charge on any atom is 0.0937 e. The molecule has 1 unspecified atom stereocenters. The monoisotopic (exact) mass is 131 g/mol. The van der Waals surface area contributed by atoms with E-state index in [4.69, 9.17) is 28.9 Å². The third-order valence-electron chi connectivity index (χ3n) is 0.147. The minimum atomic E-state index is -0.378. The van der Waals surface area contributed by atoms with Gasteiger partial charge in [-0.3, -0.25) is 0 Å². The third kappa shape index (κ3) is 8.82. The average molecular weight is 132 g/mol. The van der Waals surface area contributed by atoms with E-state index in [0.717, 1.165) is 0 Å². The SMILES string of the molecule is NC(Cl)CCl.O.